The van der Waals surface area contributed by atoms with Crippen molar-refractivity contribution in [3.63, 3.8) is 0 Å². The van der Waals surface area contributed by atoms with Gasteiger partial charge in [0.1, 0.15) is 5.75 Å². The Bertz CT molecular complexity index is 502. The van der Waals surface area contributed by atoms with Crippen molar-refractivity contribution in [3.05, 3.63) is 29.8 Å². The molecule has 0 unspecified atom stereocenters. The van der Waals surface area contributed by atoms with Crippen molar-refractivity contribution in [3.8, 4) is 5.75 Å². The Hall–Kier alpha value is -1.97. The van der Waals surface area contributed by atoms with Gasteiger partial charge in [-0.2, -0.15) is 26.3 Å². The van der Waals surface area contributed by atoms with E-state index >= 15 is 0 Å². The molecule has 24 heavy (non-hydrogen) atoms. The second-order valence-corrected chi connectivity index (χ2v) is 4.35. The number of alkyl halides is 6. The van der Waals surface area contributed by atoms with Crippen LogP contribution in [0.3, 0.4) is 0 Å². The molecule has 0 radical (unpaired) electrons. The highest BCUT2D eigenvalue weighted by Gasteiger charge is 2.38. The van der Waals surface area contributed by atoms with E-state index in [0.717, 1.165) is 19.2 Å². The fraction of sp³-hybridized carbons (Fsp3) is 0.500. The average molecular weight is 361 g/mol. The molecule has 10 heteroatoms. The molecule has 0 aliphatic carbocycles. The third-order valence-electron chi connectivity index (χ3n) is 2.44. The van der Waals surface area contributed by atoms with Gasteiger partial charge in [0, 0.05) is 0 Å². The number of hydrogen-bond acceptors (Lipinski definition) is 3. The van der Waals surface area contributed by atoms with Gasteiger partial charge in [-0.25, -0.2) is 4.79 Å². The maximum atomic E-state index is 12.6. The molecule has 1 rings (SSSR count). The normalized spacial score (nSPS) is 11.5. The first-order valence-electron chi connectivity index (χ1n) is 6.80. The van der Waals surface area contributed by atoms with Crippen LogP contribution in [0.5, 0.6) is 5.75 Å². The van der Waals surface area contributed by atoms with E-state index in [2.05, 4.69) is 5.32 Å². The molecule has 0 aliphatic rings. The molecule has 0 aromatic heterocycles. The van der Waals surface area contributed by atoms with Crippen molar-refractivity contribution in [2.24, 2.45) is 0 Å². The fourth-order valence-corrected chi connectivity index (χ4v) is 1.38. The zero-order valence-electron chi connectivity index (χ0n) is 12.7. The van der Waals surface area contributed by atoms with Gasteiger partial charge in [0.15, 0.2) is 0 Å². The van der Waals surface area contributed by atoms with Crippen molar-refractivity contribution in [2.75, 3.05) is 19.7 Å². The van der Waals surface area contributed by atoms with Gasteiger partial charge < -0.3 is 15.2 Å². The third kappa shape index (κ3) is 9.23. The molecule has 0 saturated carbocycles. The maximum Gasteiger partial charge on any atom is 0.490 e. The Labute approximate surface area is 134 Å². The van der Waals surface area contributed by atoms with Gasteiger partial charge in [-0.15, -0.1) is 0 Å². The summed E-state index contributed by atoms with van der Waals surface area (Å²) in [4.78, 5) is 8.90. The summed E-state index contributed by atoms with van der Waals surface area (Å²) in [5.41, 5.74) is -0.719. The summed E-state index contributed by atoms with van der Waals surface area (Å²) in [5, 5.41) is 10.2. The van der Waals surface area contributed by atoms with E-state index in [1.165, 1.54) is 18.2 Å². The minimum Gasteiger partial charge on any atom is -0.493 e. The van der Waals surface area contributed by atoms with Gasteiger partial charge in [-0.3, -0.25) is 0 Å². The lowest BCUT2D eigenvalue weighted by Gasteiger charge is -2.13. The van der Waals surface area contributed by atoms with Crippen molar-refractivity contribution in [1.82, 2.24) is 5.32 Å². The molecule has 0 heterocycles. The van der Waals surface area contributed by atoms with E-state index in [1.54, 1.807) is 0 Å². The molecule has 2 N–H and O–H groups in total. The summed E-state index contributed by atoms with van der Waals surface area (Å²) in [6.07, 6.45) is -8.77. The van der Waals surface area contributed by atoms with E-state index in [0.29, 0.717) is 6.42 Å². The molecule has 0 fully saturated rings. The van der Waals surface area contributed by atoms with Crippen molar-refractivity contribution >= 4 is 5.97 Å². The molecule has 4 nitrogen and oxygen atoms in total. The summed E-state index contributed by atoms with van der Waals surface area (Å²) in [6.45, 7) is 3.84. The van der Waals surface area contributed by atoms with Crippen LogP contribution in [0, 0.1) is 0 Å². The van der Waals surface area contributed by atoms with Gasteiger partial charge in [0.25, 0.3) is 0 Å². The van der Waals surface area contributed by atoms with Crippen molar-refractivity contribution in [2.45, 2.75) is 25.7 Å². The lowest BCUT2D eigenvalue weighted by Crippen LogP contribution is -2.21. The topological polar surface area (TPSA) is 58.6 Å². The van der Waals surface area contributed by atoms with Crippen LogP contribution in [0.25, 0.3) is 0 Å². The standard InChI is InChI=1S/C12H16F3NO.C2HF3O2/c1-2-16-8-5-9-17-11-7-4-3-6-10(11)12(13,14)15;3-2(4,5)1(6)7/h3-4,6-7,16H,2,5,8-9H2,1H3;(H,6,7). The Morgan fingerprint density at radius 3 is 2.17 bits per heavy atom. The molecule has 0 spiro atoms. The monoisotopic (exact) mass is 361 g/mol. The largest absolute Gasteiger partial charge is 0.493 e. The Kier molecular flexibility index (Phi) is 9.19. The highest BCUT2D eigenvalue weighted by molar-refractivity contribution is 5.73. The number of carbonyl (C=O) groups is 1. The van der Waals surface area contributed by atoms with Crippen LogP contribution in [-0.2, 0) is 11.0 Å². The first-order chi connectivity index (χ1) is 11.0. The molecule has 0 atom stereocenters. The first-order valence-corrected chi connectivity index (χ1v) is 6.80. The number of benzene rings is 1. The Morgan fingerprint density at radius 2 is 1.71 bits per heavy atom. The van der Waals surface area contributed by atoms with E-state index in [1.807, 2.05) is 6.92 Å². The molecule has 0 bridgehead atoms. The fourth-order valence-electron chi connectivity index (χ4n) is 1.38. The highest BCUT2D eigenvalue weighted by Crippen LogP contribution is 2.35. The molecule has 138 valence electrons. The summed E-state index contributed by atoms with van der Waals surface area (Å²) in [6, 6.07) is 5.26. The number of aliphatic carboxylic acids is 1. The summed E-state index contributed by atoms with van der Waals surface area (Å²) < 4.78 is 74.6. The zero-order chi connectivity index (χ0) is 18.8. The van der Waals surface area contributed by atoms with Crippen LogP contribution in [-0.4, -0.2) is 36.9 Å². The molecule has 1 aromatic carbocycles. The molecular weight excluding hydrogens is 344 g/mol. The van der Waals surface area contributed by atoms with Gasteiger partial charge in [-0.05, 0) is 31.6 Å². The molecule has 0 amide bonds. The molecule has 0 aliphatic heterocycles. The number of nitrogens with one attached hydrogen (secondary N) is 1. The predicted octanol–water partition coefficient (Wildman–Crippen LogP) is 3.72. The van der Waals surface area contributed by atoms with Crippen LogP contribution < -0.4 is 10.1 Å². The van der Waals surface area contributed by atoms with E-state index in [-0.39, 0.29) is 12.4 Å². The number of ether oxygens (including phenoxy) is 1. The van der Waals surface area contributed by atoms with Gasteiger partial charge in [0.05, 0.1) is 12.2 Å². The number of rotatable bonds is 6. The second kappa shape index (κ2) is 10.0. The van der Waals surface area contributed by atoms with Gasteiger partial charge >= 0.3 is 18.3 Å². The van der Waals surface area contributed by atoms with Crippen LogP contribution in [0.1, 0.15) is 18.9 Å². The first kappa shape index (κ1) is 22.0. The van der Waals surface area contributed by atoms with E-state index in [9.17, 15) is 26.3 Å². The second-order valence-electron chi connectivity index (χ2n) is 4.35. The summed E-state index contributed by atoms with van der Waals surface area (Å²) in [7, 11) is 0. The van der Waals surface area contributed by atoms with Gasteiger partial charge in [0.2, 0.25) is 0 Å². The number of para-hydroxylation sites is 1. The minimum absolute atomic E-state index is 0.100. The lowest BCUT2D eigenvalue weighted by molar-refractivity contribution is -0.192. The number of carboxylic acids is 1. The van der Waals surface area contributed by atoms with E-state index < -0.39 is 23.9 Å². The van der Waals surface area contributed by atoms with Crippen LogP contribution in [0.2, 0.25) is 0 Å². The minimum atomic E-state index is -5.08. The predicted molar refractivity (Wildman–Crippen MR) is 73.8 cm³/mol. The Balaban J connectivity index is 0.000000640. The summed E-state index contributed by atoms with van der Waals surface area (Å²) >= 11 is 0. The van der Waals surface area contributed by atoms with Gasteiger partial charge in [-0.1, -0.05) is 19.1 Å². The van der Waals surface area contributed by atoms with E-state index in [4.69, 9.17) is 14.6 Å². The molecule has 0 saturated heterocycles. The Morgan fingerprint density at radius 1 is 1.17 bits per heavy atom. The SMILES string of the molecule is CCNCCCOc1ccccc1C(F)(F)F.O=C(O)C(F)(F)F. The van der Waals surface area contributed by atoms with Crippen LogP contribution in [0.4, 0.5) is 26.3 Å². The third-order valence-corrected chi connectivity index (χ3v) is 2.44. The molecular formula is C14H17F6NO3. The number of carboxylic acid groups (broad SMARTS) is 1. The average Bonchev–Trinajstić information content (AvgIpc) is 2.46. The van der Waals surface area contributed by atoms with Crippen LogP contribution >= 0.6 is 0 Å². The number of hydrogen-bond donors (Lipinski definition) is 2. The smallest absolute Gasteiger partial charge is 0.490 e. The van der Waals surface area contributed by atoms with Crippen molar-refractivity contribution in [1.29, 1.82) is 0 Å². The lowest BCUT2D eigenvalue weighted by atomic mass is 10.2. The molecule has 1 aromatic rings. The number of halogens is 6. The zero-order valence-corrected chi connectivity index (χ0v) is 12.7. The van der Waals surface area contributed by atoms with Crippen molar-refractivity contribution < 1.29 is 41.0 Å². The maximum absolute atomic E-state index is 12.6. The quantitative estimate of drug-likeness (QED) is 0.599. The summed E-state index contributed by atoms with van der Waals surface area (Å²) in [5.74, 6) is -2.86. The van der Waals surface area contributed by atoms with Crippen LogP contribution in [0.15, 0.2) is 24.3 Å². The highest BCUT2D eigenvalue weighted by atomic mass is 19.4.